The molecular formula is C19H30N5O3P. The Morgan fingerprint density at radius 3 is 2.75 bits per heavy atom. The van der Waals surface area contributed by atoms with E-state index >= 15 is 0 Å². The van der Waals surface area contributed by atoms with Crippen LogP contribution in [-0.4, -0.2) is 45.1 Å². The summed E-state index contributed by atoms with van der Waals surface area (Å²) in [4.78, 5) is 26.3. The van der Waals surface area contributed by atoms with Crippen molar-refractivity contribution in [2.24, 2.45) is 5.92 Å². The van der Waals surface area contributed by atoms with Gasteiger partial charge >= 0.3 is 0 Å². The van der Waals surface area contributed by atoms with Gasteiger partial charge in [0.15, 0.2) is 16.9 Å². The Hall–Kier alpha value is -1.79. The summed E-state index contributed by atoms with van der Waals surface area (Å²) >= 11 is 0. The number of unbranched alkanes of at least 4 members (excludes halogenated alkanes) is 2. The Morgan fingerprint density at radius 2 is 2.00 bits per heavy atom. The summed E-state index contributed by atoms with van der Waals surface area (Å²) in [5.74, 6) is 1.02. The van der Waals surface area contributed by atoms with Crippen molar-refractivity contribution in [2.45, 2.75) is 58.4 Å². The van der Waals surface area contributed by atoms with Gasteiger partial charge in [-0.3, -0.25) is 4.79 Å². The van der Waals surface area contributed by atoms with E-state index in [0.717, 1.165) is 38.5 Å². The first-order valence-corrected chi connectivity index (χ1v) is 10.7. The zero-order valence-corrected chi connectivity index (χ0v) is 17.8. The largest absolute Gasteiger partial charge is 0.476 e. The fourth-order valence-corrected chi connectivity index (χ4v) is 3.56. The smallest absolute Gasteiger partial charge is 0.247 e. The molecule has 0 aliphatic heterocycles. The number of anilines is 1. The molecule has 1 unspecified atom stereocenters. The molecule has 0 radical (unpaired) electrons. The number of aromatic nitrogens is 4. The average molecular weight is 407 g/mol. The number of nitrogens with one attached hydrogen (secondary N) is 1. The quantitative estimate of drug-likeness (QED) is 0.450. The van der Waals surface area contributed by atoms with Crippen molar-refractivity contribution in [1.29, 1.82) is 0 Å². The Balaban J connectivity index is 1.79. The van der Waals surface area contributed by atoms with E-state index in [1.807, 2.05) is 4.57 Å². The molecule has 3 rings (SSSR count). The summed E-state index contributed by atoms with van der Waals surface area (Å²) in [6.07, 6.45) is 7.38. The maximum absolute atomic E-state index is 12.9. The summed E-state index contributed by atoms with van der Waals surface area (Å²) in [6, 6.07) is -0.263. The molecule has 0 aromatic carbocycles. The third-order valence-electron chi connectivity index (χ3n) is 5.07. The number of carbonyl (C=O) groups excluding carboxylic acids is 1. The van der Waals surface area contributed by atoms with Gasteiger partial charge in [-0.15, -0.1) is 0 Å². The number of carbonyl (C=O) groups is 1. The zero-order chi connectivity index (χ0) is 19.9. The van der Waals surface area contributed by atoms with Crippen molar-refractivity contribution in [1.82, 2.24) is 19.5 Å². The monoisotopic (exact) mass is 407 g/mol. The van der Waals surface area contributed by atoms with Crippen LogP contribution < -0.4 is 9.82 Å². The molecule has 0 amide bonds. The van der Waals surface area contributed by atoms with Gasteiger partial charge in [-0.05, 0) is 35.1 Å². The number of imidazole rings is 1. The van der Waals surface area contributed by atoms with Crippen molar-refractivity contribution in [3.63, 3.8) is 0 Å². The van der Waals surface area contributed by atoms with Gasteiger partial charge in [0.2, 0.25) is 11.8 Å². The molecule has 8 nitrogen and oxygen atoms in total. The molecule has 28 heavy (non-hydrogen) atoms. The minimum absolute atomic E-state index is 0.0549. The second-order valence-electron chi connectivity index (χ2n) is 7.14. The molecule has 0 saturated heterocycles. The van der Waals surface area contributed by atoms with Crippen molar-refractivity contribution in [3.05, 3.63) is 6.33 Å². The van der Waals surface area contributed by atoms with Gasteiger partial charge in [0.05, 0.1) is 25.6 Å². The second-order valence-corrected chi connectivity index (χ2v) is 7.43. The summed E-state index contributed by atoms with van der Waals surface area (Å²) in [5.41, 5.74) is 1.22. The molecule has 1 aliphatic rings. The average Bonchev–Trinajstić information content (AvgIpc) is 3.28. The van der Waals surface area contributed by atoms with Crippen LogP contribution in [0.25, 0.3) is 11.2 Å². The highest BCUT2D eigenvalue weighted by molar-refractivity contribution is 7.18. The molecule has 1 aliphatic carbocycles. The minimum Gasteiger partial charge on any atom is -0.476 e. The van der Waals surface area contributed by atoms with Gasteiger partial charge in [0, 0.05) is 12.5 Å². The molecule has 0 bridgehead atoms. The highest BCUT2D eigenvalue weighted by Gasteiger charge is 2.36. The summed E-state index contributed by atoms with van der Waals surface area (Å²) < 4.78 is 13.4. The molecule has 1 saturated carbocycles. The highest BCUT2D eigenvalue weighted by Crippen LogP contribution is 2.34. The number of hydrogen-bond donors (Lipinski definition) is 1. The summed E-state index contributed by atoms with van der Waals surface area (Å²) in [6.45, 7) is 6.03. The molecule has 1 fully saturated rings. The number of hydrogen-bond acceptors (Lipinski definition) is 7. The number of rotatable bonds is 11. The zero-order valence-electron chi connectivity index (χ0n) is 16.7. The number of Topliss-reactive ketones (excluding diaryl/α,β-unsaturated/α-hetero) is 1. The maximum atomic E-state index is 12.9. The highest BCUT2D eigenvalue weighted by atomic mass is 31.0. The van der Waals surface area contributed by atoms with Gasteiger partial charge in [0.25, 0.3) is 0 Å². The Morgan fingerprint density at radius 1 is 1.21 bits per heavy atom. The fourth-order valence-electron chi connectivity index (χ4n) is 3.43. The van der Waals surface area contributed by atoms with Crippen molar-refractivity contribution >= 4 is 32.3 Å². The second kappa shape index (κ2) is 10.1. The number of nitrogens with zero attached hydrogens (tertiary/aromatic N) is 4. The van der Waals surface area contributed by atoms with Gasteiger partial charge in [-0.2, -0.15) is 9.97 Å². The number of ketones is 1. The van der Waals surface area contributed by atoms with Gasteiger partial charge in [-0.25, -0.2) is 4.98 Å². The molecule has 154 valence electrons. The van der Waals surface area contributed by atoms with E-state index in [2.05, 4.69) is 43.3 Å². The van der Waals surface area contributed by atoms with Crippen LogP contribution in [0.2, 0.25) is 0 Å². The van der Waals surface area contributed by atoms with E-state index in [1.54, 1.807) is 6.33 Å². The molecular weight excluding hydrogens is 377 g/mol. The summed E-state index contributed by atoms with van der Waals surface area (Å²) in [7, 11) is 2.39. The van der Waals surface area contributed by atoms with E-state index in [9.17, 15) is 4.79 Å². The standard InChI is InChI=1S/C19H30N5O3P/c1-3-5-9-26-11-13-7-8-14(16(13)25)24-12-20-15-17(24)21-19(23-28)22-18(15)27-10-6-4-2/h12-14H,3-11,28H2,1-2H3,(H,21,22,23)/t13-,14-/m0/s1. The van der Waals surface area contributed by atoms with Crippen LogP contribution in [0.1, 0.15) is 58.4 Å². The predicted molar refractivity (Wildman–Crippen MR) is 112 cm³/mol. The Kier molecular flexibility index (Phi) is 7.57. The van der Waals surface area contributed by atoms with E-state index in [4.69, 9.17) is 9.47 Å². The first-order valence-electron chi connectivity index (χ1n) is 10.1. The lowest BCUT2D eigenvalue weighted by molar-refractivity contribution is -0.124. The maximum Gasteiger partial charge on any atom is 0.247 e. The van der Waals surface area contributed by atoms with Gasteiger partial charge < -0.3 is 19.1 Å². The first kappa shape index (κ1) is 20.9. The van der Waals surface area contributed by atoms with Crippen LogP contribution >= 0.6 is 9.39 Å². The van der Waals surface area contributed by atoms with Crippen LogP contribution in [0.5, 0.6) is 5.88 Å². The molecule has 3 atom stereocenters. The van der Waals surface area contributed by atoms with Crippen molar-refractivity contribution in [2.75, 3.05) is 24.9 Å². The van der Waals surface area contributed by atoms with Crippen molar-refractivity contribution in [3.8, 4) is 5.88 Å². The third-order valence-corrected chi connectivity index (χ3v) is 5.33. The molecule has 2 aromatic heterocycles. The van der Waals surface area contributed by atoms with E-state index in [0.29, 0.717) is 42.8 Å². The van der Waals surface area contributed by atoms with E-state index in [-0.39, 0.29) is 17.7 Å². The van der Waals surface area contributed by atoms with Crippen molar-refractivity contribution < 1.29 is 14.3 Å². The molecule has 2 heterocycles. The summed E-state index contributed by atoms with van der Waals surface area (Å²) in [5, 5.41) is 2.89. The van der Waals surface area contributed by atoms with Crippen LogP contribution in [0.3, 0.4) is 0 Å². The van der Waals surface area contributed by atoms with Gasteiger partial charge in [0.1, 0.15) is 0 Å². The van der Waals surface area contributed by atoms with Crippen LogP contribution in [0, 0.1) is 5.92 Å². The van der Waals surface area contributed by atoms with E-state index < -0.39 is 0 Å². The molecule has 0 spiro atoms. The van der Waals surface area contributed by atoms with Crippen LogP contribution in [0.4, 0.5) is 5.95 Å². The fraction of sp³-hybridized carbons (Fsp3) is 0.684. The molecule has 2 aromatic rings. The van der Waals surface area contributed by atoms with Gasteiger partial charge in [-0.1, -0.05) is 26.7 Å². The predicted octanol–water partition coefficient (Wildman–Crippen LogP) is 3.54. The lowest BCUT2D eigenvalue weighted by Crippen LogP contribution is -2.21. The molecule has 9 heteroatoms. The third kappa shape index (κ3) is 4.61. The SMILES string of the molecule is CCCCOC[C@@H]1CC[C@H](n2cnc3c(OCCCC)nc(NP)nc32)C1=O. The topological polar surface area (TPSA) is 91.2 Å². The lowest BCUT2D eigenvalue weighted by Gasteiger charge is -2.14. The van der Waals surface area contributed by atoms with Crippen LogP contribution in [-0.2, 0) is 9.53 Å². The Labute approximate surface area is 168 Å². The lowest BCUT2D eigenvalue weighted by atomic mass is 10.1. The number of ether oxygens (including phenoxy) is 2. The van der Waals surface area contributed by atoms with E-state index in [1.165, 1.54) is 0 Å². The molecule has 1 N–H and O–H groups in total. The van der Waals surface area contributed by atoms with Crippen LogP contribution in [0.15, 0.2) is 6.33 Å². The Bertz CT molecular complexity index is 797. The minimum atomic E-state index is -0.263. The normalized spacial score (nSPS) is 19.5. The first-order chi connectivity index (χ1) is 13.7. The number of fused-ring (bicyclic) bond motifs is 1.